The van der Waals surface area contributed by atoms with Crippen molar-refractivity contribution in [3.63, 3.8) is 0 Å². The number of nitrogens with zero attached hydrogens (tertiary/aromatic N) is 3. The fraction of sp³-hybridized carbons (Fsp3) is 0.438. The van der Waals surface area contributed by atoms with Crippen LogP contribution in [0.25, 0.3) is 10.9 Å². The molecule has 1 heterocycles. The molecule has 112 valence electrons. The Morgan fingerprint density at radius 2 is 1.90 bits per heavy atom. The van der Waals surface area contributed by atoms with E-state index in [2.05, 4.69) is 41.3 Å². The van der Waals surface area contributed by atoms with Gasteiger partial charge in [-0.25, -0.2) is 9.97 Å². The van der Waals surface area contributed by atoms with Gasteiger partial charge in [0.1, 0.15) is 12.1 Å². The first-order valence-corrected chi connectivity index (χ1v) is 7.11. The zero-order valence-corrected chi connectivity index (χ0v) is 13.3. The van der Waals surface area contributed by atoms with Crippen molar-refractivity contribution in [3.05, 3.63) is 29.6 Å². The van der Waals surface area contributed by atoms with Gasteiger partial charge in [0.05, 0.1) is 12.1 Å². The number of benzene rings is 1. The summed E-state index contributed by atoms with van der Waals surface area (Å²) in [5.74, 6) is 0.769. The van der Waals surface area contributed by atoms with E-state index < -0.39 is 0 Å². The molecule has 0 aliphatic carbocycles. The van der Waals surface area contributed by atoms with Gasteiger partial charge in [0.25, 0.3) is 0 Å². The summed E-state index contributed by atoms with van der Waals surface area (Å²) in [5, 5.41) is 3.86. The third kappa shape index (κ3) is 3.48. The fourth-order valence-electron chi connectivity index (χ4n) is 2.26. The standard InChI is InChI=1S/C16H22N4O/c1-10(2)19-15(21)8-20(5)16-13-6-11(3)12(4)7-14(13)17-9-18-16/h6-7,9-10H,8H2,1-5H3,(H,19,21). The van der Waals surface area contributed by atoms with Crippen LogP contribution in [-0.4, -0.2) is 35.5 Å². The molecule has 2 rings (SSSR count). The molecular weight excluding hydrogens is 264 g/mol. The molecule has 1 amide bonds. The molecule has 1 aromatic carbocycles. The summed E-state index contributed by atoms with van der Waals surface area (Å²) in [7, 11) is 1.87. The van der Waals surface area contributed by atoms with E-state index in [9.17, 15) is 4.79 Å². The number of aromatic nitrogens is 2. The molecule has 0 saturated heterocycles. The second-order valence-corrected chi connectivity index (χ2v) is 5.73. The molecule has 5 heteroatoms. The van der Waals surface area contributed by atoms with Crippen LogP contribution in [0.2, 0.25) is 0 Å². The van der Waals surface area contributed by atoms with E-state index in [0.717, 1.165) is 16.7 Å². The van der Waals surface area contributed by atoms with Crippen molar-refractivity contribution in [2.45, 2.75) is 33.7 Å². The molecule has 0 spiro atoms. The van der Waals surface area contributed by atoms with E-state index in [1.54, 1.807) is 6.33 Å². The predicted molar refractivity (Wildman–Crippen MR) is 85.6 cm³/mol. The average Bonchev–Trinajstić information content (AvgIpc) is 2.38. The average molecular weight is 286 g/mol. The summed E-state index contributed by atoms with van der Waals surface area (Å²) >= 11 is 0. The summed E-state index contributed by atoms with van der Waals surface area (Å²) in [4.78, 5) is 22.4. The molecular formula is C16H22N4O. The van der Waals surface area contributed by atoms with Gasteiger partial charge in [0, 0.05) is 18.5 Å². The molecule has 0 fully saturated rings. The lowest BCUT2D eigenvalue weighted by Gasteiger charge is -2.20. The first kappa shape index (κ1) is 15.2. The minimum Gasteiger partial charge on any atom is -0.352 e. The number of amides is 1. The van der Waals surface area contributed by atoms with Gasteiger partial charge >= 0.3 is 0 Å². The lowest BCUT2D eigenvalue weighted by Crippen LogP contribution is -2.38. The Morgan fingerprint density at radius 3 is 2.57 bits per heavy atom. The number of fused-ring (bicyclic) bond motifs is 1. The lowest BCUT2D eigenvalue weighted by atomic mass is 10.1. The number of aryl methyl sites for hydroxylation is 2. The predicted octanol–water partition coefficient (Wildman–Crippen LogP) is 2.21. The monoisotopic (exact) mass is 286 g/mol. The highest BCUT2D eigenvalue weighted by atomic mass is 16.2. The Hall–Kier alpha value is -2.17. The van der Waals surface area contributed by atoms with E-state index in [-0.39, 0.29) is 18.5 Å². The highest BCUT2D eigenvalue weighted by Gasteiger charge is 2.13. The van der Waals surface area contributed by atoms with Gasteiger partial charge in [-0.15, -0.1) is 0 Å². The number of hydrogen-bond acceptors (Lipinski definition) is 4. The first-order valence-electron chi connectivity index (χ1n) is 7.11. The number of carbonyl (C=O) groups excluding carboxylic acids is 1. The van der Waals surface area contributed by atoms with Crippen LogP contribution in [0.3, 0.4) is 0 Å². The molecule has 21 heavy (non-hydrogen) atoms. The molecule has 0 unspecified atom stereocenters. The maximum atomic E-state index is 11.9. The zero-order chi connectivity index (χ0) is 15.6. The second-order valence-electron chi connectivity index (χ2n) is 5.73. The Kier molecular flexibility index (Phi) is 4.40. The summed E-state index contributed by atoms with van der Waals surface area (Å²) in [6.07, 6.45) is 1.54. The molecule has 0 saturated carbocycles. The van der Waals surface area contributed by atoms with Gasteiger partial charge in [-0.1, -0.05) is 0 Å². The van der Waals surface area contributed by atoms with Crippen LogP contribution in [0, 0.1) is 13.8 Å². The van der Waals surface area contributed by atoms with Crippen molar-refractivity contribution < 1.29 is 4.79 Å². The molecule has 0 aliphatic rings. The zero-order valence-electron chi connectivity index (χ0n) is 13.3. The molecule has 5 nitrogen and oxygen atoms in total. The number of rotatable bonds is 4. The Balaban J connectivity index is 2.33. The van der Waals surface area contributed by atoms with Crippen molar-refractivity contribution in [3.8, 4) is 0 Å². The highest BCUT2D eigenvalue weighted by molar-refractivity contribution is 5.92. The van der Waals surface area contributed by atoms with E-state index >= 15 is 0 Å². The number of nitrogens with one attached hydrogen (secondary N) is 1. The minimum absolute atomic E-state index is 0.0110. The van der Waals surface area contributed by atoms with Crippen LogP contribution in [0.15, 0.2) is 18.5 Å². The molecule has 2 aromatic rings. The van der Waals surface area contributed by atoms with Crippen LogP contribution in [0.4, 0.5) is 5.82 Å². The normalized spacial score (nSPS) is 11.0. The summed E-state index contributed by atoms with van der Waals surface area (Å²) in [6.45, 7) is 8.30. The van der Waals surface area contributed by atoms with Crippen molar-refractivity contribution in [2.24, 2.45) is 0 Å². The van der Waals surface area contributed by atoms with Gasteiger partial charge in [-0.2, -0.15) is 0 Å². The largest absolute Gasteiger partial charge is 0.352 e. The van der Waals surface area contributed by atoms with E-state index in [4.69, 9.17) is 0 Å². The van der Waals surface area contributed by atoms with Gasteiger partial charge in [-0.05, 0) is 51.0 Å². The smallest absolute Gasteiger partial charge is 0.239 e. The van der Waals surface area contributed by atoms with Gasteiger partial charge in [0.15, 0.2) is 0 Å². The van der Waals surface area contributed by atoms with Gasteiger partial charge < -0.3 is 10.2 Å². The Morgan fingerprint density at radius 1 is 1.24 bits per heavy atom. The number of carbonyl (C=O) groups is 1. The van der Waals surface area contributed by atoms with Crippen molar-refractivity contribution >= 4 is 22.6 Å². The van der Waals surface area contributed by atoms with Crippen LogP contribution >= 0.6 is 0 Å². The molecule has 0 aliphatic heterocycles. The lowest BCUT2D eigenvalue weighted by molar-refractivity contribution is -0.120. The van der Waals surface area contributed by atoms with Gasteiger partial charge in [-0.3, -0.25) is 4.79 Å². The van der Waals surface area contributed by atoms with Crippen molar-refractivity contribution in [1.82, 2.24) is 15.3 Å². The van der Waals surface area contributed by atoms with Crippen LogP contribution in [-0.2, 0) is 4.79 Å². The van der Waals surface area contributed by atoms with E-state index in [1.807, 2.05) is 25.8 Å². The minimum atomic E-state index is -0.0110. The van der Waals surface area contributed by atoms with Crippen molar-refractivity contribution in [1.29, 1.82) is 0 Å². The molecule has 1 N–H and O–H groups in total. The number of anilines is 1. The molecule has 0 atom stereocenters. The number of likely N-dealkylation sites (N-methyl/N-ethyl adjacent to an activating group) is 1. The quantitative estimate of drug-likeness (QED) is 0.936. The fourth-order valence-corrected chi connectivity index (χ4v) is 2.26. The summed E-state index contributed by atoms with van der Waals surface area (Å²) in [6, 6.07) is 4.27. The first-order chi connectivity index (χ1) is 9.88. The third-order valence-corrected chi connectivity index (χ3v) is 3.42. The van der Waals surface area contributed by atoms with Crippen LogP contribution in [0.1, 0.15) is 25.0 Å². The summed E-state index contributed by atoms with van der Waals surface area (Å²) in [5.41, 5.74) is 3.30. The number of hydrogen-bond donors (Lipinski definition) is 1. The third-order valence-electron chi connectivity index (χ3n) is 3.42. The van der Waals surface area contributed by atoms with Gasteiger partial charge in [0.2, 0.25) is 5.91 Å². The SMILES string of the molecule is Cc1cc2ncnc(N(C)CC(=O)NC(C)C)c2cc1C. The van der Waals surface area contributed by atoms with E-state index in [1.165, 1.54) is 11.1 Å². The Labute approximate surface area is 125 Å². The van der Waals surface area contributed by atoms with Crippen LogP contribution < -0.4 is 10.2 Å². The van der Waals surface area contributed by atoms with Crippen molar-refractivity contribution in [2.75, 3.05) is 18.5 Å². The molecule has 0 radical (unpaired) electrons. The second kappa shape index (κ2) is 6.08. The summed E-state index contributed by atoms with van der Waals surface area (Å²) < 4.78 is 0. The topological polar surface area (TPSA) is 58.1 Å². The van der Waals surface area contributed by atoms with E-state index in [0.29, 0.717) is 0 Å². The highest BCUT2D eigenvalue weighted by Crippen LogP contribution is 2.24. The maximum Gasteiger partial charge on any atom is 0.239 e. The van der Waals surface area contributed by atoms with Crippen LogP contribution in [0.5, 0.6) is 0 Å². The molecule has 1 aromatic heterocycles. The maximum absolute atomic E-state index is 11.9. The Bertz CT molecular complexity index is 667. The molecule has 0 bridgehead atoms.